The molecule has 0 unspecified atom stereocenters. The van der Waals surface area contributed by atoms with Crippen molar-refractivity contribution in [3.63, 3.8) is 0 Å². The smallest absolute Gasteiger partial charge is 0.344 e. The first-order valence-corrected chi connectivity index (χ1v) is 8.24. The second-order valence-corrected chi connectivity index (χ2v) is 6.19. The molecule has 2 N–H and O–H groups in total. The number of benzene rings is 1. The summed E-state index contributed by atoms with van der Waals surface area (Å²) >= 11 is 0. The zero-order valence-corrected chi connectivity index (χ0v) is 13.8. The zero-order chi connectivity index (χ0) is 16.8. The van der Waals surface area contributed by atoms with E-state index >= 15 is 0 Å². The molecule has 0 bridgehead atoms. The average Bonchev–Trinajstić information content (AvgIpc) is 2.55. The highest BCUT2D eigenvalue weighted by Crippen LogP contribution is 2.26. The van der Waals surface area contributed by atoms with Gasteiger partial charge in [-0.2, -0.15) is 0 Å². The topological polar surface area (TPSA) is 78.6 Å². The maximum Gasteiger partial charge on any atom is 0.344 e. The fraction of sp³-hybridized carbons (Fsp3) is 0.556. The van der Waals surface area contributed by atoms with Crippen molar-refractivity contribution < 1.29 is 19.1 Å². The van der Waals surface area contributed by atoms with Crippen molar-refractivity contribution in [2.75, 3.05) is 12.3 Å². The molecule has 2 rings (SSSR count). The summed E-state index contributed by atoms with van der Waals surface area (Å²) in [5, 5.41) is 0. The molecule has 1 aliphatic rings. The molecular weight excluding hydrogens is 294 g/mol. The number of esters is 1. The number of hydrogen-bond donors (Lipinski definition) is 1. The standard InChI is InChI=1S/C18H25NO4/c1-3-16(20)13-6-9-17(15(19)10-13)22-11-18(21)23-14-7-4-12(2)5-8-14/h6,9-10,12,14H,3-5,7-8,11,19H2,1-2H3. The predicted octanol–water partition coefficient (Wildman–Crippen LogP) is 3.36. The van der Waals surface area contributed by atoms with Crippen LogP contribution < -0.4 is 10.5 Å². The van der Waals surface area contributed by atoms with Crippen LogP contribution in [-0.4, -0.2) is 24.5 Å². The van der Waals surface area contributed by atoms with Crippen LogP contribution in [0, 0.1) is 5.92 Å². The van der Waals surface area contributed by atoms with Crippen molar-refractivity contribution in [2.24, 2.45) is 5.92 Å². The molecule has 5 nitrogen and oxygen atoms in total. The molecule has 126 valence electrons. The minimum atomic E-state index is -0.377. The van der Waals surface area contributed by atoms with Crippen molar-refractivity contribution in [1.82, 2.24) is 0 Å². The number of nitrogen functional groups attached to an aromatic ring is 1. The Labute approximate surface area is 137 Å². The Morgan fingerprint density at radius 1 is 1.22 bits per heavy atom. The van der Waals surface area contributed by atoms with Gasteiger partial charge in [-0.15, -0.1) is 0 Å². The fourth-order valence-electron chi connectivity index (χ4n) is 2.76. The molecule has 1 aromatic carbocycles. The Bertz CT molecular complexity index is 562. The van der Waals surface area contributed by atoms with E-state index in [-0.39, 0.29) is 24.5 Å². The third-order valence-corrected chi connectivity index (χ3v) is 4.26. The monoisotopic (exact) mass is 319 g/mol. The molecule has 0 heterocycles. The van der Waals surface area contributed by atoms with Crippen LogP contribution in [0.3, 0.4) is 0 Å². The molecule has 5 heteroatoms. The van der Waals surface area contributed by atoms with Crippen molar-refractivity contribution in [3.8, 4) is 5.75 Å². The first kappa shape index (κ1) is 17.3. The van der Waals surface area contributed by atoms with Crippen molar-refractivity contribution in [1.29, 1.82) is 0 Å². The number of carbonyl (C=O) groups excluding carboxylic acids is 2. The van der Waals surface area contributed by atoms with Gasteiger partial charge in [0.05, 0.1) is 5.69 Å². The van der Waals surface area contributed by atoms with E-state index in [1.54, 1.807) is 25.1 Å². The van der Waals surface area contributed by atoms with Gasteiger partial charge < -0.3 is 15.2 Å². The first-order chi connectivity index (χ1) is 11.0. The van der Waals surface area contributed by atoms with Crippen LogP contribution in [-0.2, 0) is 9.53 Å². The highest BCUT2D eigenvalue weighted by atomic mass is 16.6. The van der Waals surface area contributed by atoms with E-state index in [1.165, 1.54) is 0 Å². The van der Waals surface area contributed by atoms with E-state index in [4.69, 9.17) is 15.2 Å². The van der Waals surface area contributed by atoms with E-state index < -0.39 is 0 Å². The van der Waals surface area contributed by atoms with Crippen LogP contribution in [0.1, 0.15) is 56.3 Å². The lowest BCUT2D eigenvalue weighted by atomic mass is 9.89. The second-order valence-electron chi connectivity index (χ2n) is 6.19. The van der Waals surface area contributed by atoms with Crippen molar-refractivity contribution >= 4 is 17.4 Å². The molecule has 0 aromatic heterocycles. The number of rotatable bonds is 6. The SMILES string of the molecule is CCC(=O)c1ccc(OCC(=O)OC2CCC(C)CC2)c(N)c1. The molecule has 1 saturated carbocycles. The molecular formula is C18H25NO4. The summed E-state index contributed by atoms with van der Waals surface area (Å²) in [5.74, 6) is 0.754. The minimum Gasteiger partial charge on any atom is -0.480 e. The Hall–Kier alpha value is -2.04. The molecule has 0 saturated heterocycles. The Morgan fingerprint density at radius 3 is 2.52 bits per heavy atom. The summed E-state index contributed by atoms with van der Waals surface area (Å²) in [7, 11) is 0. The third kappa shape index (κ3) is 4.98. The summed E-state index contributed by atoms with van der Waals surface area (Å²) in [6.07, 6.45) is 4.46. The normalized spacial score (nSPS) is 20.8. The first-order valence-electron chi connectivity index (χ1n) is 8.24. The van der Waals surface area contributed by atoms with Crippen LogP contribution in [0.25, 0.3) is 0 Å². The van der Waals surface area contributed by atoms with Crippen LogP contribution in [0.4, 0.5) is 5.69 Å². The van der Waals surface area contributed by atoms with Crippen molar-refractivity contribution in [3.05, 3.63) is 23.8 Å². The summed E-state index contributed by atoms with van der Waals surface area (Å²) in [4.78, 5) is 23.5. The summed E-state index contributed by atoms with van der Waals surface area (Å²) < 4.78 is 10.8. The van der Waals surface area contributed by atoms with Gasteiger partial charge in [0.1, 0.15) is 11.9 Å². The van der Waals surface area contributed by atoms with Crippen LogP contribution >= 0.6 is 0 Å². The lowest BCUT2D eigenvalue weighted by Crippen LogP contribution is -2.26. The Balaban J connectivity index is 1.83. The largest absolute Gasteiger partial charge is 0.480 e. The van der Waals surface area contributed by atoms with Gasteiger partial charge in [0, 0.05) is 12.0 Å². The van der Waals surface area contributed by atoms with Gasteiger partial charge in [-0.3, -0.25) is 4.79 Å². The van der Waals surface area contributed by atoms with Gasteiger partial charge >= 0.3 is 5.97 Å². The maximum absolute atomic E-state index is 11.9. The van der Waals surface area contributed by atoms with Gasteiger partial charge in [-0.1, -0.05) is 13.8 Å². The molecule has 1 fully saturated rings. The van der Waals surface area contributed by atoms with E-state index in [9.17, 15) is 9.59 Å². The lowest BCUT2D eigenvalue weighted by molar-refractivity contribution is -0.153. The van der Waals surface area contributed by atoms with Gasteiger partial charge in [-0.25, -0.2) is 4.79 Å². The van der Waals surface area contributed by atoms with E-state index in [0.29, 0.717) is 29.3 Å². The number of hydrogen-bond acceptors (Lipinski definition) is 5. The molecule has 0 spiro atoms. The number of nitrogens with two attached hydrogens (primary N) is 1. The van der Waals surface area contributed by atoms with Gasteiger partial charge in [0.2, 0.25) is 0 Å². The van der Waals surface area contributed by atoms with E-state index in [0.717, 1.165) is 25.7 Å². The number of carbonyl (C=O) groups is 2. The molecule has 23 heavy (non-hydrogen) atoms. The molecule has 0 atom stereocenters. The van der Waals surface area contributed by atoms with Crippen LogP contribution in [0.5, 0.6) is 5.75 Å². The summed E-state index contributed by atoms with van der Waals surface area (Å²) in [5.41, 5.74) is 6.77. The third-order valence-electron chi connectivity index (χ3n) is 4.26. The number of Topliss-reactive ketones (excluding diaryl/α,β-unsaturated/α-hetero) is 1. The van der Waals surface area contributed by atoms with Crippen LogP contribution in [0.2, 0.25) is 0 Å². The van der Waals surface area contributed by atoms with Gasteiger partial charge in [-0.05, 0) is 49.8 Å². The molecule has 1 aliphatic carbocycles. The lowest BCUT2D eigenvalue weighted by Gasteiger charge is -2.25. The number of anilines is 1. The van der Waals surface area contributed by atoms with E-state index in [2.05, 4.69) is 6.92 Å². The quantitative estimate of drug-likeness (QED) is 0.494. The highest BCUT2D eigenvalue weighted by molar-refractivity contribution is 5.97. The molecule has 0 aliphatic heterocycles. The fourth-order valence-corrected chi connectivity index (χ4v) is 2.76. The second kappa shape index (κ2) is 7.99. The zero-order valence-electron chi connectivity index (χ0n) is 13.8. The average molecular weight is 319 g/mol. The van der Waals surface area contributed by atoms with Gasteiger partial charge in [0.25, 0.3) is 0 Å². The highest BCUT2D eigenvalue weighted by Gasteiger charge is 2.21. The molecule has 1 aromatic rings. The number of ether oxygens (including phenoxy) is 2. The minimum absolute atomic E-state index is 0.00389. The number of ketones is 1. The maximum atomic E-state index is 11.9. The Kier molecular flexibility index (Phi) is 6.02. The molecule has 0 amide bonds. The van der Waals surface area contributed by atoms with Crippen molar-refractivity contribution in [2.45, 2.75) is 52.1 Å². The summed E-state index contributed by atoms with van der Waals surface area (Å²) in [6, 6.07) is 4.86. The predicted molar refractivity (Wildman–Crippen MR) is 88.5 cm³/mol. The summed E-state index contributed by atoms with van der Waals surface area (Å²) in [6.45, 7) is 3.85. The van der Waals surface area contributed by atoms with Crippen LogP contribution in [0.15, 0.2) is 18.2 Å². The van der Waals surface area contributed by atoms with Gasteiger partial charge in [0.15, 0.2) is 12.4 Å². The molecule has 0 radical (unpaired) electrons. The van der Waals surface area contributed by atoms with E-state index in [1.807, 2.05) is 0 Å². The Morgan fingerprint density at radius 2 is 1.91 bits per heavy atom.